The van der Waals surface area contributed by atoms with Crippen LogP contribution in [-0.2, 0) is 20.1 Å². The number of Topliss-reactive ketones (excluding diaryl/α,β-unsaturated/α-hetero) is 1. The number of phenolic OH excluding ortho intramolecular Hbond substituents is 2. The fourth-order valence-electron chi connectivity index (χ4n) is 2.60. The number of phenols is 2. The summed E-state index contributed by atoms with van der Waals surface area (Å²) in [5.74, 6) is -1.09. The second-order valence-corrected chi connectivity index (χ2v) is 5.04. The maximum absolute atomic E-state index is 11.8. The SMILES string of the molecule is CC1CC(=O)C2=C1OC(C)(c1c(O)cccc1O)O2. The van der Waals surface area contributed by atoms with Crippen molar-refractivity contribution in [1.82, 2.24) is 0 Å². The molecule has 0 amide bonds. The highest BCUT2D eigenvalue weighted by Gasteiger charge is 2.50. The van der Waals surface area contributed by atoms with Gasteiger partial charge < -0.3 is 19.7 Å². The number of allylic oxidation sites excluding steroid dienone is 2. The molecule has 5 heteroatoms. The Labute approximate surface area is 110 Å². The van der Waals surface area contributed by atoms with E-state index in [0.717, 1.165) is 0 Å². The summed E-state index contributed by atoms with van der Waals surface area (Å²) < 4.78 is 11.3. The molecule has 100 valence electrons. The molecule has 3 rings (SSSR count). The molecule has 5 nitrogen and oxygen atoms in total. The molecule has 0 radical (unpaired) electrons. The van der Waals surface area contributed by atoms with Crippen molar-refractivity contribution in [3.63, 3.8) is 0 Å². The Morgan fingerprint density at radius 3 is 2.47 bits per heavy atom. The molecule has 0 aromatic heterocycles. The van der Waals surface area contributed by atoms with E-state index in [1.165, 1.54) is 18.2 Å². The molecule has 2 atom stereocenters. The summed E-state index contributed by atoms with van der Waals surface area (Å²) in [6.07, 6.45) is 0.369. The van der Waals surface area contributed by atoms with E-state index in [9.17, 15) is 15.0 Å². The molecule has 2 aliphatic rings. The van der Waals surface area contributed by atoms with Crippen LogP contribution in [0, 0.1) is 5.92 Å². The average molecular weight is 262 g/mol. The van der Waals surface area contributed by atoms with E-state index in [1.54, 1.807) is 6.92 Å². The smallest absolute Gasteiger partial charge is 0.282 e. The van der Waals surface area contributed by atoms with Gasteiger partial charge in [0.25, 0.3) is 5.79 Å². The fourth-order valence-corrected chi connectivity index (χ4v) is 2.60. The number of ether oxygens (including phenoxy) is 2. The Kier molecular flexibility index (Phi) is 2.29. The summed E-state index contributed by atoms with van der Waals surface area (Å²) in [6.45, 7) is 3.44. The Bertz CT molecular complexity index is 584. The average Bonchev–Trinajstić information content (AvgIpc) is 2.78. The Balaban J connectivity index is 2.03. The molecule has 1 aromatic rings. The summed E-state index contributed by atoms with van der Waals surface area (Å²) in [6, 6.07) is 4.38. The van der Waals surface area contributed by atoms with Gasteiger partial charge in [0.1, 0.15) is 17.1 Å². The van der Waals surface area contributed by atoms with Crippen molar-refractivity contribution < 1.29 is 24.5 Å². The minimum Gasteiger partial charge on any atom is -0.507 e. The van der Waals surface area contributed by atoms with Gasteiger partial charge in [0.2, 0.25) is 11.5 Å². The summed E-state index contributed by atoms with van der Waals surface area (Å²) in [5, 5.41) is 19.8. The lowest BCUT2D eigenvalue weighted by atomic mass is 10.0. The molecule has 1 aliphatic heterocycles. The van der Waals surface area contributed by atoms with Crippen molar-refractivity contribution in [2.24, 2.45) is 5.92 Å². The van der Waals surface area contributed by atoms with Crippen molar-refractivity contribution in [3.05, 3.63) is 35.3 Å². The Morgan fingerprint density at radius 2 is 1.89 bits per heavy atom. The molecule has 2 unspecified atom stereocenters. The zero-order valence-corrected chi connectivity index (χ0v) is 10.6. The van der Waals surface area contributed by atoms with Crippen LogP contribution in [0.15, 0.2) is 29.7 Å². The van der Waals surface area contributed by atoms with Crippen LogP contribution < -0.4 is 0 Å². The number of ketones is 1. The monoisotopic (exact) mass is 262 g/mol. The van der Waals surface area contributed by atoms with Crippen LogP contribution in [0.4, 0.5) is 0 Å². The van der Waals surface area contributed by atoms with Gasteiger partial charge in [0.05, 0.1) is 0 Å². The number of rotatable bonds is 1. The number of benzene rings is 1. The van der Waals surface area contributed by atoms with E-state index in [4.69, 9.17) is 9.47 Å². The zero-order valence-electron chi connectivity index (χ0n) is 10.6. The van der Waals surface area contributed by atoms with Gasteiger partial charge in [-0.3, -0.25) is 4.79 Å². The number of hydrogen-bond donors (Lipinski definition) is 2. The normalized spacial score (nSPS) is 29.2. The van der Waals surface area contributed by atoms with E-state index in [0.29, 0.717) is 12.2 Å². The van der Waals surface area contributed by atoms with Gasteiger partial charge >= 0.3 is 0 Å². The van der Waals surface area contributed by atoms with Crippen LogP contribution in [-0.4, -0.2) is 16.0 Å². The maximum Gasteiger partial charge on any atom is 0.282 e. The summed E-state index contributed by atoms with van der Waals surface area (Å²) >= 11 is 0. The van der Waals surface area contributed by atoms with Gasteiger partial charge in [0, 0.05) is 19.3 Å². The summed E-state index contributed by atoms with van der Waals surface area (Å²) in [5.41, 5.74) is 0.129. The van der Waals surface area contributed by atoms with Gasteiger partial charge in [-0.25, -0.2) is 0 Å². The van der Waals surface area contributed by atoms with Gasteiger partial charge in [-0.2, -0.15) is 0 Å². The lowest BCUT2D eigenvalue weighted by molar-refractivity contribution is -0.162. The van der Waals surface area contributed by atoms with Crippen LogP contribution in [0.25, 0.3) is 0 Å². The van der Waals surface area contributed by atoms with E-state index < -0.39 is 5.79 Å². The molecule has 0 bridgehead atoms. The van der Waals surface area contributed by atoms with Gasteiger partial charge in [-0.15, -0.1) is 0 Å². The van der Waals surface area contributed by atoms with E-state index in [2.05, 4.69) is 0 Å². The first-order chi connectivity index (χ1) is 8.92. The standard InChI is InChI=1S/C14H14O5/c1-7-6-10(17)13-12(7)18-14(2,19-13)11-8(15)4-3-5-9(11)16/h3-5,7,15-16H,6H2,1-2H3. The summed E-state index contributed by atoms with van der Waals surface area (Å²) in [4.78, 5) is 11.8. The predicted molar refractivity (Wildman–Crippen MR) is 65.1 cm³/mol. The molecule has 19 heavy (non-hydrogen) atoms. The highest BCUT2D eigenvalue weighted by atomic mass is 16.7. The summed E-state index contributed by atoms with van der Waals surface area (Å²) in [7, 11) is 0. The van der Waals surface area contributed by atoms with Crippen molar-refractivity contribution in [2.75, 3.05) is 0 Å². The third-order valence-electron chi connectivity index (χ3n) is 3.49. The van der Waals surface area contributed by atoms with Gasteiger partial charge in [-0.05, 0) is 12.1 Å². The molecule has 0 saturated heterocycles. The van der Waals surface area contributed by atoms with E-state index in [1.807, 2.05) is 6.92 Å². The molecular formula is C14H14O5. The quantitative estimate of drug-likeness (QED) is 0.810. The van der Waals surface area contributed by atoms with Crippen molar-refractivity contribution >= 4 is 5.78 Å². The molecule has 2 N–H and O–H groups in total. The second kappa shape index (κ2) is 3.66. The van der Waals surface area contributed by atoms with E-state index >= 15 is 0 Å². The molecular weight excluding hydrogens is 248 g/mol. The topological polar surface area (TPSA) is 76.0 Å². The highest BCUT2D eigenvalue weighted by molar-refractivity contribution is 5.97. The number of aromatic hydroxyl groups is 2. The maximum atomic E-state index is 11.8. The first-order valence-electron chi connectivity index (χ1n) is 6.09. The molecule has 0 spiro atoms. The van der Waals surface area contributed by atoms with Crippen molar-refractivity contribution in [2.45, 2.75) is 26.1 Å². The fraction of sp³-hybridized carbons (Fsp3) is 0.357. The minimum absolute atomic E-state index is 0.0441. The lowest BCUT2D eigenvalue weighted by Gasteiger charge is -2.27. The number of carbonyl (C=O) groups excluding carboxylic acids is 1. The lowest BCUT2D eigenvalue weighted by Crippen LogP contribution is -2.26. The Morgan fingerprint density at radius 1 is 1.26 bits per heavy atom. The third kappa shape index (κ3) is 1.58. The first kappa shape index (κ1) is 11.9. The van der Waals surface area contributed by atoms with Gasteiger partial charge in [-0.1, -0.05) is 13.0 Å². The van der Waals surface area contributed by atoms with E-state index in [-0.39, 0.29) is 34.5 Å². The predicted octanol–water partition coefficient (Wildman–Crippen LogP) is 2.14. The molecule has 1 heterocycles. The van der Waals surface area contributed by atoms with Crippen molar-refractivity contribution in [3.8, 4) is 11.5 Å². The van der Waals surface area contributed by atoms with Crippen LogP contribution in [0.2, 0.25) is 0 Å². The number of carbonyl (C=O) groups is 1. The molecule has 0 saturated carbocycles. The first-order valence-corrected chi connectivity index (χ1v) is 6.09. The van der Waals surface area contributed by atoms with Crippen molar-refractivity contribution in [1.29, 1.82) is 0 Å². The van der Waals surface area contributed by atoms with Crippen LogP contribution in [0.3, 0.4) is 0 Å². The minimum atomic E-state index is -1.37. The molecule has 1 aliphatic carbocycles. The number of hydrogen-bond acceptors (Lipinski definition) is 5. The highest BCUT2D eigenvalue weighted by Crippen LogP contribution is 2.50. The zero-order chi connectivity index (χ0) is 13.8. The third-order valence-corrected chi connectivity index (χ3v) is 3.49. The van der Waals surface area contributed by atoms with Gasteiger partial charge in [0.15, 0.2) is 5.76 Å². The molecule has 0 fully saturated rings. The van der Waals surface area contributed by atoms with Crippen LogP contribution >= 0.6 is 0 Å². The Hall–Kier alpha value is -2.17. The van der Waals surface area contributed by atoms with Crippen LogP contribution in [0.5, 0.6) is 11.5 Å². The largest absolute Gasteiger partial charge is 0.507 e. The second-order valence-electron chi connectivity index (χ2n) is 5.04. The van der Waals surface area contributed by atoms with Crippen LogP contribution in [0.1, 0.15) is 25.8 Å². The molecule has 1 aromatic carbocycles.